The van der Waals surface area contributed by atoms with Gasteiger partial charge in [-0.3, -0.25) is 4.79 Å². The summed E-state index contributed by atoms with van der Waals surface area (Å²) >= 11 is 0. The fourth-order valence-electron chi connectivity index (χ4n) is 4.71. The molecule has 1 heterocycles. The molecule has 0 aliphatic carbocycles. The Hall–Kier alpha value is -2.66. The van der Waals surface area contributed by atoms with Gasteiger partial charge in [-0.25, -0.2) is 4.79 Å². The van der Waals surface area contributed by atoms with Crippen molar-refractivity contribution in [1.82, 2.24) is 10.6 Å². The van der Waals surface area contributed by atoms with E-state index in [1.54, 1.807) is 12.1 Å². The quantitative estimate of drug-likeness (QED) is 0.730. The highest BCUT2D eigenvalue weighted by atomic mass is 16.5. The van der Waals surface area contributed by atoms with Crippen LogP contribution in [0.2, 0.25) is 0 Å². The second-order valence-electron chi connectivity index (χ2n) is 9.71. The van der Waals surface area contributed by atoms with Gasteiger partial charge in [-0.15, -0.1) is 0 Å². The Labute approximate surface area is 179 Å². The zero-order valence-corrected chi connectivity index (χ0v) is 18.5. The molecule has 5 heteroatoms. The summed E-state index contributed by atoms with van der Waals surface area (Å²) in [5, 5.41) is 6.63. The second kappa shape index (κ2) is 8.23. The van der Waals surface area contributed by atoms with Crippen LogP contribution < -0.4 is 10.6 Å². The fourth-order valence-corrected chi connectivity index (χ4v) is 4.71. The van der Waals surface area contributed by atoms with Crippen LogP contribution in [-0.2, 0) is 16.1 Å². The van der Waals surface area contributed by atoms with Gasteiger partial charge >= 0.3 is 5.97 Å². The van der Waals surface area contributed by atoms with Gasteiger partial charge in [-0.2, -0.15) is 0 Å². The van der Waals surface area contributed by atoms with Crippen molar-refractivity contribution in [2.24, 2.45) is 0 Å². The van der Waals surface area contributed by atoms with Crippen LogP contribution in [-0.4, -0.2) is 28.5 Å². The molecule has 1 aliphatic heterocycles. The fraction of sp³-hybridized carbons (Fsp3) is 0.440. The number of benzene rings is 2. The number of carbonyl (C=O) groups excluding carboxylic acids is 2. The van der Waals surface area contributed by atoms with E-state index in [1.165, 1.54) is 0 Å². The number of aryl methyl sites for hydroxylation is 1. The highest BCUT2D eigenvalue weighted by Crippen LogP contribution is 2.37. The molecule has 30 heavy (non-hydrogen) atoms. The minimum Gasteiger partial charge on any atom is -0.459 e. The van der Waals surface area contributed by atoms with Crippen LogP contribution in [0.4, 0.5) is 0 Å². The zero-order valence-electron chi connectivity index (χ0n) is 18.5. The lowest BCUT2D eigenvalue weighted by molar-refractivity contribution is -0.157. The summed E-state index contributed by atoms with van der Waals surface area (Å²) in [5.74, 6) is -0.661. The topological polar surface area (TPSA) is 67.4 Å². The highest BCUT2D eigenvalue weighted by Gasteiger charge is 2.53. The first kappa shape index (κ1) is 22.0. The van der Waals surface area contributed by atoms with Crippen molar-refractivity contribution in [2.75, 3.05) is 0 Å². The average Bonchev–Trinajstić information content (AvgIpc) is 2.65. The number of piperidine rings is 1. The molecule has 5 nitrogen and oxygen atoms in total. The molecule has 0 unspecified atom stereocenters. The van der Waals surface area contributed by atoms with E-state index in [0.29, 0.717) is 18.4 Å². The van der Waals surface area contributed by atoms with Crippen LogP contribution in [0.5, 0.6) is 0 Å². The molecule has 0 atom stereocenters. The van der Waals surface area contributed by atoms with Crippen LogP contribution >= 0.6 is 0 Å². The van der Waals surface area contributed by atoms with Crippen molar-refractivity contribution in [1.29, 1.82) is 0 Å². The van der Waals surface area contributed by atoms with Crippen molar-refractivity contribution in [2.45, 2.75) is 70.7 Å². The van der Waals surface area contributed by atoms with Crippen molar-refractivity contribution >= 4 is 11.9 Å². The Kier molecular flexibility index (Phi) is 6.04. The number of rotatable bonds is 5. The first-order valence-corrected chi connectivity index (χ1v) is 10.4. The molecule has 0 spiro atoms. The van der Waals surface area contributed by atoms with E-state index in [4.69, 9.17) is 4.74 Å². The Morgan fingerprint density at radius 3 is 2.07 bits per heavy atom. The second-order valence-corrected chi connectivity index (χ2v) is 9.71. The Bertz CT molecular complexity index is 886. The summed E-state index contributed by atoms with van der Waals surface area (Å²) in [6, 6.07) is 16.9. The molecule has 2 aromatic carbocycles. The maximum absolute atomic E-state index is 13.4. The lowest BCUT2D eigenvalue weighted by atomic mass is 9.70. The summed E-state index contributed by atoms with van der Waals surface area (Å²) in [7, 11) is 0. The van der Waals surface area contributed by atoms with Gasteiger partial charge in [-0.05, 0) is 65.2 Å². The third kappa shape index (κ3) is 5.28. The van der Waals surface area contributed by atoms with E-state index >= 15 is 0 Å². The van der Waals surface area contributed by atoms with E-state index in [9.17, 15) is 9.59 Å². The first-order valence-electron chi connectivity index (χ1n) is 10.4. The Balaban J connectivity index is 1.87. The molecule has 0 aromatic heterocycles. The molecule has 0 saturated carbocycles. The SMILES string of the molecule is Cc1ccc(COC(=O)C2(NC(=O)c3ccccc3)CC(C)(C)NC(C)(C)C2)cc1. The minimum atomic E-state index is -1.12. The molecule has 1 aliphatic rings. The van der Waals surface area contributed by atoms with Crippen LogP contribution in [0.15, 0.2) is 54.6 Å². The summed E-state index contributed by atoms with van der Waals surface area (Å²) in [4.78, 5) is 26.5. The number of nitrogens with one attached hydrogen (secondary N) is 2. The largest absolute Gasteiger partial charge is 0.459 e. The van der Waals surface area contributed by atoms with Crippen molar-refractivity contribution in [3.63, 3.8) is 0 Å². The van der Waals surface area contributed by atoms with Crippen LogP contribution in [0, 0.1) is 6.92 Å². The highest BCUT2D eigenvalue weighted by molar-refractivity contribution is 5.98. The number of carbonyl (C=O) groups is 2. The van der Waals surface area contributed by atoms with Crippen LogP contribution in [0.3, 0.4) is 0 Å². The van der Waals surface area contributed by atoms with Gasteiger partial charge in [0, 0.05) is 16.6 Å². The van der Waals surface area contributed by atoms with E-state index in [2.05, 4.69) is 10.6 Å². The number of amides is 1. The van der Waals surface area contributed by atoms with Gasteiger partial charge in [-0.1, -0.05) is 48.0 Å². The van der Waals surface area contributed by atoms with Gasteiger partial charge in [0.1, 0.15) is 12.1 Å². The predicted molar refractivity (Wildman–Crippen MR) is 118 cm³/mol. The van der Waals surface area contributed by atoms with E-state index in [-0.39, 0.29) is 23.6 Å². The molecule has 1 amide bonds. The lowest BCUT2D eigenvalue weighted by Crippen LogP contribution is -2.71. The van der Waals surface area contributed by atoms with Crippen LogP contribution in [0.1, 0.15) is 62.0 Å². The molecule has 0 bridgehead atoms. The van der Waals surface area contributed by atoms with Crippen molar-refractivity contribution in [3.05, 3.63) is 71.3 Å². The normalized spacial score (nSPS) is 19.0. The summed E-state index contributed by atoms with van der Waals surface area (Å²) < 4.78 is 5.75. The number of hydrogen-bond acceptors (Lipinski definition) is 4. The lowest BCUT2D eigenvalue weighted by Gasteiger charge is -2.51. The number of ether oxygens (including phenoxy) is 1. The zero-order chi connectivity index (χ0) is 22.0. The first-order chi connectivity index (χ1) is 14.0. The molecule has 3 rings (SSSR count). The number of hydrogen-bond donors (Lipinski definition) is 2. The van der Waals surface area contributed by atoms with Crippen LogP contribution in [0.25, 0.3) is 0 Å². The molecule has 1 saturated heterocycles. The molecule has 2 aromatic rings. The summed E-state index contributed by atoms with van der Waals surface area (Å²) in [6.45, 7) is 10.4. The van der Waals surface area contributed by atoms with Gasteiger partial charge in [0.05, 0.1) is 0 Å². The Morgan fingerprint density at radius 1 is 0.933 bits per heavy atom. The Morgan fingerprint density at radius 2 is 1.50 bits per heavy atom. The maximum atomic E-state index is 13.4. The van der Waals surface area contributed by atoms with Crippen molar-refractivity contribution in [3.8, 4) is 0 Å². The standard InChI is InChI=1S/C25H32N2O3/c1-18-11-13-19(14-12-18)15-30-22(29)25(16-23(2,3)27-24(4,5)17-25)26-21(28)20-9-7-6-8-10-20/h6-14,27H,15-17H2,1-5H3,(H,26,28). The maximum Gasteiger partial charge on any atom is 0.332 e. The minimum absolute atomic E-state index is 0.177. The third-order valence-corrected chi connectivity index (χ3v) is 5.43. The molecule has 0 radical (unpaired) electrons. The van der Waals surface area contributed by atoms with E-state index < -0.39 is 11.5 Å². The molecular formula is C25H32N2O3. The average molecular weight is 409 g/mol. The predicted octanol–water partition coefficient (Wildman–Crippen LogP) is 4.15. The molecule has 2 N–H and O–H groups in total. The smallest absolute Gasteiger partial charge is 0.332 e. The molecule has 160 valence electrons. The summed E-state index contributed by atoms with van der Waals surface area (Å²) in [6.07, 6.45) is 0.878. The monoisotopic (exact) mass is 408 g/mol. The molecular weight excluding hydrogens is 376 g/mol. The van der Waals surface area contributed by atoms with Gasteiger partial charge in [0.25, 0.3) is 5.91 Å². The van der Waals surface area contributed by atoms with Gasteiger partial charge in [0.2, 0.25) is 0 Å². The van der Waals surface area contributed by atoms with Crippen molar-refractivity contribution < 1.29 is 14.3 Å². The van der Waals surface area contributed by atoms with Gasteiger partial charge < -0.3 is 15.4 Å². The number of esters is 1. The third-order valence-electron chi connectivity index (χ3n) is 5.43. The van der Waals surface area contributed by atoms with E-state index in [0.717, 1.165) is 11.1 Å². The van der Waals surface area contributed by atoms with E-state index in [1.807, 2.05) is 77.1 Å². The molecule has 1 fully saturated rings. The van der Waals surface area contributed by atoms with Gasteiger partial charge in [0.15, 0.2) is 0 Å². The summed E-state index contributed by atoms with van der Waals surface area (Å²) in [5.41, 5.74) is 0.779.